The van der Waals surface area contributed by atoms with Crippen LogP contribution in [0.1, 0.15) is 31.9 Å². The van der Waals surface area contributed by atoms with Crippen molar-refractivity contribution in [3.63, 3.8) is 0 Å². The molecule has 1 fully saturated rings. The van der Waals surface area contributed by atoms with Gasteiger partial charge in [0.05, 0.1) is 30.4 Å². The molecular weight excluding hydrogens is 646 g/mol. The van der Waals surface area contributed by atoms with Crippen LogP contribution >= 0.6 is 11.6 Å². The van der Waals surface area contributed by atoms with Gasteiger partial charge >= 0.3 is 6.09 Å². The number of aldehydes is 1. The summed E-state index contributed by atoms with van der Waals surface area (Å²) in [5, 5.41) is 0.331. The molecule has 4 aromatic rings. The molecule has 1 amide bonds. The molecule has 10 nitrogen and oxygen atoms in total. The van der Waals surface area contributed by atoms with E-state index in [1.807, 2.05) is 49.9 Å². The van der Waals surface area contributed by atoms with Crippen LogP contribution in [0, 0.1) is 11.6 Å². The minimum Gasteiger partial charge on any atom is -0.490 e. The number of piperazine rings is 1. The molecule has 1 aliphatic heterocycles. The summed E-state index contributed by atoms with van der Waals surface area (Å²) in [4.78, 5) is 35.1. The number of benzene rings is 3. The van der Waals surface area contributed by atoms with E-state index < -0.39 is 23.3 Å². The zero-order valence-corrected chi connectivity index (χ0v) is 27.8. The standard InChI is InChI=1S/C35H37ClF2N4O6/c1-35(2,3)48-34(44)42-13-11-41(12-14-42)33-25-19-26(36)29(31(38)32(25)39-22-40-33)30-27(37)5-4-6-28(30)47-18-17-46-21-24-9-7-23(8-10-24)20-45-16-15-43/h4-10,15,19,22H,11-14,16-18,20-21H2,1-3H3. The third-order valence-electron chi connectivity index (χ3n) is 7.49. The molecule has 0 atom stereocenters. The number of halogens is 3. The van der Waals surface area contributed by atoms with Crippen LogP contribution in [0.5, 0.6) is 5.75 Å². The molecule has 48 heavy (non-hydrogen) atoms. The summed E-state index contributed by atoms with van der Waals surface area (Å²) >= 11 is 6.67. The second-order valence-electron chi connectivity index (χ2n) is 12.1. The van der Waals surface area contributed by atoms with Gasteiger partial charge < -0.3 is 33.5 Å². The first-order valence-corrected chi connectivity index (χ1v) is 15.9. The number of rotatable bonds is 12. The van der Waals surface area contributed by atoms with Crippen LogP contribution in [0.4, 0.5) is 19.4 Å². The number of ether oxygens (including phenoxy) is 4. The van der Waals surface area contributed by atoms with Gasteiger partial charge in [0.15, 0.2) is 5.82 Å². The molecule has 3 aromatic carbocycles. The summed E-state index contributed by atoms with van der Waals surface area (Å²) in [5.41, 5.74) is 0.937. The van der Waals surface area contributed by atoms with Crippen LogP contribution in [0.2, 0.25) is 5.02 Å². The van der Waals surface area contributed by atoms with E-state index in [0.29, 0.717) is 56.9 Å². The van der Waals surface area contributed by atoms with E-state index in [4.69, 9.17) is 30.5 Å². The molecule has 0 bridgehead atoms. The molecule has 0 unspecified atom stereocenters. The van der Waals surface area contributed by atoms with E-state index in [1.54, 1.807) is 11.0 Å². The fourth-order valence-corrected chi connectivity index (χ4v) is 5.54. The van der Waals surface area contributed by atoms with Crippen LogP contribution in [0.25, 0.3) is 22.0 Å². The summed E-state index contributed by atoms with van der Waals surface area (Å²) in [6.45, 7) is 8.04. The van der Waals surface area contributed by atoms with Crippen molar-refractivity contribution < 1.29 is 37.3 Å². The van der Waals surface area contributed by atoms with Gasteiger partial charge in [-0.2, -0.15) is 0 Å². The largest absolute Gasteiger partial charge is 0.490 e. The van der Waals surface area contributed by atoms with Crippen molar-refractivity contribution in [1.29, 1.82) is 0 Å². The van der Waals surface area contributed by atoms with E-state index in [9.17, 15) is 9.59 Å². The van der Waals surface area contributed by atoms with E-state index in [2.05, 4.69) is 9.97 Å². The summed E-state index contributed by atoms with van der Waals surface area (Å²) in [6, 6.07) is 13.3. The second-order valence-corrected chi connectivity index (χ2v) is 12.5. The minimum atomic E-state index is -0.806. The van der Waals surface area contributed by atoms with Gasteiger partial charge in [0.25, 0.3) is 0 Å². The molecule has 2 heterocycles. The number of anilines is 1. The average molecular weight is 683 g/mol. The first-order chi connectivity index (χ1) is 23.1. The van der Waals surface area contributed by atoms with Crippen molar-refractivity contribution in [2.45, 2.75) is 39.6 Å². The SMILES string of the molecule is CC(C)(C)OC(=O)N1CCN(c2ncnc3c(F)c(-c4c(F)cccc4OCCOCc4ccc(COCC=O)cc4)c(Cl)cc23)CC1. The van der Waals surface area contributed by atoms with E-state index in [-0.39, 0.29) is 47.2 Å². The van der Waals surface area contributed by atoms with Gasteiger partial charge in [0.2, 0.25) is 0 Å². The molecule has 13 heteroatoms. The molecule has 1 aromatic heterocycles. The lowest BCUT2D eigenvalue weighted by atomic mass is 10.0. The number of nitrogens with zero attached hydrogens (tertiary/aromatic N) is 4. The summed E-state index contributed by atoms with van der Waals surface area (Å²) in [7, 11) is 0. The van der Waals surface area contributed by atoms with Crippen molar-refractivity contribution in [1.82, 2.24) is 14.9 Å². The number of amides is 1. The van der Waals surface area contributed by atoms with E-state index in [0.717, 1.165) is 11.1 Å². The minimum absolute atomic E-state index is 0.0205. The van der Waals surface area contributed by atoms with E-state index in [1.165, 1.54) is 24.5 Å². The quantitative estimate of drug-likeness (QED) is 0.121. The predicted molar refractivity (Wildman–Crippen MR) is 177 cm³/mol. The van der Waals surface area contributed by atoms with Gasteiger partial charge in [0.1, 0.15) is 54.3 Å². The van der Waals surface area contributed by atoms with Gasteiger partial charge in [-0.3, -0.25) is 0 Å². The van der Waals surface area contributed by atoms with Gasteiger partial charge in [-0.25, -0.2) is 23.5 Å². The van der Waals surface area contributed by atoms with Crippen molar-refractivity contribution in [3.8, 4) is 16.9 Å². The van der Waals surface area contributed by atoms with Crippen LogP contribution in [0.3, 0.4) is 0 Å². The Kier molecular flexibility index (Phi) is 11.4. The highest BCUT2D eigenvalue weighted by Crippen LogP contribution is 2.42. The van der Waals surface area contributed by atoms with Gasteiger partial charge in [0, 0.05) is 37.1 Å². The summed E-state index contributed by atoms with van der Waals surface area (Å²) < 4.78 is 53.9. The normalized spacial score (nSPS) is 13.5. The Bertz CT molecular complexity index is 1740. The number of hydrogen-bond donors (Lipinski definition) is 0. The lowest BCUT2D eigenvalue weighted by molar-refractivity contribution is -0.112. The first kappa shape index (κ1) is 34.9. The Hall–Kier alpha value is -4.39. The fraction of sp³-hybridized carbons (Fsp3) is 0.371. The second kappa shape index (κ2) is 15.7. The fourth-order valence-electron chi connectivity index (χ4n) is 5.25. The molecular formula is C35H37ClF2N4O6. The Morgan fingerprint density at radius 2 is 1.62 bits per heavy atom. The van der Waals surface area contributed by atoms with Crippen molar-refractivity contribution in [2.24, 2.45) is 0 Å². The predicted octanol–water partition coefficient (Wildman–Crippen LogP) is 6.60. The smallest absolute Gasteiger partial charge is 0.410 e. The Balaban J connectivity index is 1.27. The summed E-state index contributed by atoms with van der Waals surface area (Å²) in [5.74, 6) is -0.955. The monoisotopic (exact) mass is 682 g/mol. The Morgan fingerprint density at radius 1 is 0.938 bits per heavy atom. The number of carbonyl (C=O) groups is 2. The zero-order chi connectivity index (χ0) is 34.3. The lowest BCUT2D eigenvalue weighted by Crippen LogP contribution is -2.50. The zero-order valence-electron chi connectivity index (χ0n) is 27.0. The lowest BCUT2D eigenvalue weighted by Gasteiger charge is -2.36. The van der Waals surface area contributed by atoms with Crippen LogP contribution in [0.15, 0.2) is 54.9 Å². The van der Waals surface area contributed by atoms with Crippen molar-refractivity contribution in [2.75, 3.05) is 50.9 Å². The summed E-state index contributed by atoms with van der Waals surface area (Å²) in [6.07, 6.45) is 1.56. The van der Waals surface area contributed by atoms with Gasteiger partial charge in [-0.05, 0) is 50.1 Å². The maximum Gasteiger partial charge on any atom is 0.410 e. The molecule has 0 spiro atoms. The molecule has 0 N–H and O–H groups in total. The topological polar surface area (TPSA) is 103 Å². The molecule has 5 rings (SSSR count). The molecule has 0 saturated carbocycles. The molecule has 1 aliphatic rings. The van der Waals surface area contributed by atoms with Crippen LogP contribution < -0.4 is 9.64 Å². The van der Waals surface area contributed by atoms with Gasteiger partial charge in [-0.1, -0.05) is 41.9 Å². The van der Waals surface area contributed by atoms with Crippen molar-refractivity contribution in [3.05, 3.63) is 82.6 Å². The van der Waals surface area contributed by atoms with Crippen LogP contribution in [-0.2, 0) is 32.2 Å². The van der Waals surface area contributed by atoms with Gasteiger partial charge in [-0.15, -0.1) is 0 Å². The number of aromatic nitrogens is 2. The Labute approximate surface area is 282 Å². The Morgan fingerprint density at radius 3 is 2.29 bits per heavy atom. The molecule has 254 valence electrons. The third kappa shape index (κ3) is 8.55. The molecule has 0 radical (unpaired) electrons. The number of hydrogen-bond acceptors (Lipinski definition) is 9. The molecule has 0 aliphatic carbocycles. The first-order valence-electron chi connectivity index (χ1n) is 15.5. The van der Waals surface area contributed by atoms with Crippen molar-refractivity contribution >= 4 is 40.7 Å². The maximum absolute atomic E-state index is 16.3. The number of carbonyl (C=O) groups excluding carboxylic acids is 2. The highest BCUT2D eigenvalue weighted by atomic mass is 35.5. The molecule has 1 saturated heterocycles. The maximum atomic E-state index is 16.3. The number of fused-ring (bicyclic) bond motifs is 1. The van der Waals surface area contributed by atoms with E-state index >= 15 is 8.78 Å². The third-order valence-corrected chi connectivity index (χ3v) is 7.79. The van der Waals surface area contributed by atoms with Crippen LogP contribution in [-0.4, -0.2) is 78.8 Å². The average Bonchev–Trinajstić information content (AvgIpc) is 3.05. The highest BCUT2D eigenvalue weighted by molar-refractivity contribution is 6.34. The highest BCUT2D eigenvalue weighted by Gasteiger charge is 2.29.